The lowest BCUT2D eigenvalue weighted by Gasteiger charge is -2.21. The predicted octanol–water partition coefficient (Wildman–Crippen LogP) is 0.627. The molecule has 0 radical (unpaired) electrons. The number of rotatable bonds is 5. The molecule has 7 nitrogen and oxygen atoms in total. The van der Waals surface area contributed by atoms with Crippen LogP contribution in [0.15, 0.2) is 0 Å². The molecule has 2 atom stereocenters. The average Bonchev–Trinajstić information content (AvgIpc) is 2.70. The van der Waals surface area contributed by atoms with E-state index in [4.69, 9.17) is 18.0 Å². The highest BCUT2D eigenvalue weighted by molar-refractivity contribution is 7.73. The van der Waals surface area contributed by atoms with E-state index in [9.17, 15) is 9.59 Å². The van der Waals surface area contributed by atoms with Gasteiger partial charge in [0.2, 0.25) is 16.9 Å². The minimum absolute atomic E-state index is 0.0744. The maximum Gasteiger partial charge on any atom is 0.249 e. The SMILES string of the molecule is CC(C)[C@H](NC(=O)[C@H](C)N)C(=O)Nc1n[nH]c(=S)s1. The van der Waals surface area contributed by atoms with Gasteiger partial charge in [-0.1, -0.05) is 25.2 Å². The van der Waals surface area contributed by atoms with E-state index < -0.39 is 12.1 Å². The van der Waals surface area contributed by atoms with Gasteiger partial charge < -0.3 is 11.1 Å². The molecule has 0 aliphatic carbocycles. The molecule has 0 aliphatic heterocycles. The number of aromatic amines is 1. The Hall–Kier alpha value is -1.32. The molecule has 0 spiro atoms. The van der Waals surface area contributed by atoms with Gasteiger partial charge in [0, 0.05) is 0 Å². The smallest absolute Gasteiger partial charge is 0.249 e. The summed E-state index contributed by atoms with van der Waals surface area (Å²) in [7, 11) is 0. The Balaban J connectivity index is 2.73. The molecule has 1 aromatic heterocycles. The monoisotopic (exact) mass is 303 g/mol. The summed E-state index contributed by atoms with van der Waals surface area (Å²) in [5.41, 5.74) is 5.47. The number of anilines is 1. The van der Waals surface area contributed by atoms with Crippen molar-refractivity contribution < 1.29 is 9.59 Å². The number of aromatic nitrogens is 2. The zero-order valence-corrected chi connectivity index (χ0v) is 12.5. The molecular weight excluding hydrogens is 286 g/mol. The van der Waals surface area contributed by atoms with Gasteiger partial charge >= 0.3 is 0 Å². The summed E-state index contributed by atoms with van der Waals surface area (Å²) in [6, 6.07) is -1.34. The first kappa shape index (κ1) is 15.7. The Morgan fingerprint density at radius 1 is 1.37 bits per heavy atom. The lowest BCUT2D eigenvalue weighted by molar-refractivity contribution is -0.127. The molecule has 0 saturated carbocycles. The largest absolute Gasteiger partial charge is 0.343 e. The molecule has 19 heavy (non-hydrogen) atoms. The lowest BCUT2D eigenvalue weighted by atomic mass is 10.0. The first-order valence-electron chi connectivity index (χ1n) is 5.73. The third-order valence-corrected chi connectivity index (χ3v) is 3.33. The van der Waals surface area contributed by atoms with E-state index in [0.29, 0.717) is 9.09 Å². The number of hydrogen-bond acceptors (Lipinski definition) is 6. The predicted molar refractivity (Wildman–Crippen MR) is 76.3 cm³/mol. The standard InChI is InChI=1S/C10H17N5O2S2/c1-4(2)6(12-7(16)5(3)11)8(17)13-9-14-15-10(18)19-9/h4-6H,11H2,1-3H3,(H,12,16)(H,15,18)(H,13,14,17)/t5-,6-/m0/s1. The van der Waals surface area contributed by atoms with Crippen molar-refractivity contribution in [1.82, 2.24) is 15.5 Å². The number of hydrogen-bond donors (Lipinski definition) is 4. The molecule has 1 aromatic rings. The molecule has 106 valence electrons. The molecule has 0 saturated heterocycles. The van der Waals surface area contributed by atoms with Gasteiger partial charge in [-0.05, 0) is 25.1 Å². The van der Waals surface area contributed by atoms with E-state index >= 15 is 0 Å². The summed E-state index contributed by atoms with van der Waals surface area (Å²) in [6.45, 7) is 5.22. The van der Waals surface area contributed by atoms with Crippen LogP contribution in [0.1, 0.15) is 20.8 Å². The number of nitrogens with two attached hydrogens (primary N) is 1. The second kappa shape index (κ2) is 6.73. The minimum Gasteiger partial charge on any atom is -0.343 e. The topological polar surface area (TPSA) is 113 Å². The molecule has 1 heterocycles. The van der Waals surface area contributed by atoms with Gasteiger partial charge in [0.15, 0.2) is 3.95 Å². The normalized spacial score (nSPS) is 13.9. The van der Waals surface area contributed by atoms with Crippen LogP contribution in [0.4, 0.5) is 5.13 Å². The van der Waals surface area contributed by atoms with Crippen LogP contribution in [0.2, 0.25) is 0 Å². The Morgan fingerprint density at radius 3 is 2.42 bits per heavy atom. The summed E-state index contributed by atoms with van der Waals surface area (Å²) < 4.78 is 0.469. The van der Waals surface area contributed by atoms with Crippen molar-refractivity contribution in [3.8, 4) is 0 Å². The van der Waals surface area contributed by atoms with Crippen LogP contribution in [-0.2, 0) is 9.59 Å². The lowest BCUT2D eigenvalue weighted by Crippen LogP contribution is -2.51. The number of amides is 2. The van der Waals surface area contributed by atoms with E-state index in [0.717, 1.165) is 11.3 Å². The summed E-state index contributed by atoms with van der Waals surface area (Å²) in [4.78, 5) is 23.6. The maximum absolute atomic E-state index is 12.1. The maximum atomic E-state index is 12.1. The van der Waals surface area contributed by atoms with Gasteiger partial charge in [0.05, 0.1) is 6.04 Å². The molecule has 0 aliphatic rings. The first-order chi connectivity index (χ1) is 8.81. The van der Waals surface area contributed by atoms with Gasteiger partial charge in [0.25, 0.3) is 0 Å². The second-order valence-corrected chi connectivity index (χ2v) is 6.09. The Morgan fingerprint density at radius 2 is 2.00 bits per heavy atom. The number of nitrogens with zero attached hydrogens (tertiary/aromatic N) is 1. The molecule has 5 N–H and O–H groups in total. The zero-order valence-electron chi connectivity index (χ0n) is 10.9. The molecule has 0 aromatic carbocycles. The molecule has 1 rings (SSSR count). The molecular formula is C10H17N5O2S2. The fourth-order valence-electron chi connectivity index (χ4n) is 1.29. The van der Waals surface area contributed by atoms with E-state index in [1.165, 1.54) is 0 Å². The summed E-state index contributed by atoms with van der Waals surface area (Å²) in [5.74, 6) is -0.792. The Kier molecular flexibility index (Phi) is 5.58. The first-order valence-corrected chi connectivity index (χ1v) is 6.96. The quantitative estimate of drug-likeness (QED) is 0.596. The molecule has 0 bridgehead atoms. The summed E-state index contributed by atoms with van der Waals surface area (Å²) in [5, 5.41) is 12.0. The number of nitrogens with one attached hydrogen (secondary N) is 3. The van der Waals surface area contributed by atoms with Gasteiger partial charge in [-0.2, -0.15) is 0 Å². The number of carbonyl (C=O) groups excluding carboxylic acids is 2. The Labute approximate surface area is 120 Å². The fraction of sp³-hybridized carbons (Fsp3) is 0.600. The molecule has 0 fully saturated rings. The van der Waals surface area contributed by atoms with E-state index in [1.54, 1.807) is 6.92 Å². The van der Waals surface area contributed by atoms with E-state index in [2.05, 4.69) is 20.8 Å². The van der Waals surface area contributed by atoms with Crippen molar-refractivity contribution >= 4 is 40.5 Å². The van der Waals surface area contributed by atoms with Crippen LogP contribution in [0.3, 0.4) is 0 Å². The molecule has 0 unspecified atom stereocenters. The molecule has 2 amide bonds. The highest BCUT2D eigenvalue weighted by atomic mass is 32.1. The average molecular weight is 303 g/mol. The van der Waals surface area contributed by atoms with Gasteiger partial charge in [-0.15, -0.1) is 5.10 Å². The van der Waals surface area contributed by atoms with Crippen LogP contribution >= 0.6 is 23.6 Å². The van der Waals surface area contributed by atoms with E-state index in [1.807, 2.05) is 13.8 Å². The van der Waals surface area contributed by atoms with Crippen molar-refractivity contribution in [1.29, 1.82) is 0 Å². The summed E-state index contributed by atoms with van der Waals surface area (Å²) >= 11 is 6.02. The number of H-pyrrole nitrogens is 1. The van der Waals surface area contributed by atoms with Gasteiger partial charge in [-0.25, -0.2) is 0 Å². The third kappa shape index (κ3) is 4.69. The highest BCUT2D eigenvalue weighted by Crippen LogP contribution is 2.12. The van der Waals surface area contributed by atoms with Crippen LogP contribution < -0.4 is 16.4 Å². The summed E-state index contributed by atoms with van der Waals surface area (Å²) in [6.07, 6.45) is 0. The Bertz CT molecular complexity index is 508. The van der Waals surface area contributed by atoms with Crippen molar-refractivity contribution in [3.63, 3.8) is 0 Å². The van der Waals surface area contributed by atoms with Gasteiger partial charge in [0.1, 0.15) is 6.04 Å². The van der Waals surface area contributed by atoms with Gasteiger partial charge in [-0.3, -0.25) is 20.0 Å². The number of carbonyl (C=O) groups is 2. The van der Waals surface area contributed by atoms with Crippen LogP contribution in [0.5, 0.6) is 0 Å². The van der Waals surface area contributed by atoms with Crippen molar-refractivity contribution in [2.45, 2.75) is 32.9 Å². The fourth-order valence-corrected chi connectivity index (χ4v) is 2.08. The van der Waals surface area contributed by atoms with Crippen LogP contribution in [-0.4, -0.2) is 34.1 Å². The highest BCUT2D eigenvalue weighted by Gasteiger charge is 2.25. The van der Waals surface area contributed by atoms with Crippen LogP contribution in [0.25, 0.3) is 0 Å². The van der Waals surface area contributed by atoms with Crippen LogP contribution in [0, 0.1) is 9.87 Å². The van der Waals surface area contributed by atoms with Crippen molar-refractivity contribution in [3.05, 3.63) is 3.95 Å². The van der Waals surface area contributed by atoms with Crippen molar-refractivity contribution in [2.75, 3.05) is 5.32 Å². The second-order valence-electron chi connectivity index (χ2n) is 4.43. The van der Waals surface area contributed by atoms with Crippen molar-refractivity contribution in [2.24, 2.45) is 11.7 Å². The zero-order chi connectivity index (χ0) is 14.6. The minimum atomic E-state index is -0.670. The van der Waals surface area contributed by atoms with E-state index in [-0.39, 0.29) is 17.7 Å². The molecule has 9 heteroatoms. The third-order valence-electron chi connectivity index (χ3n) is 2.33.